The Labute approximate surface area is 135 Å². The number of imide groups is 1. The Balaban J connectivity index is 1.94. The second-order valence-corrected chi connectivity index (χ2v) is 5.30. The highest BCUT2D eigenvalue weighted by Crippen LogP contribution is 2.30. The van der Waals surface area contributed by atoms with Crippen molar-refractivity contribution in [1.82, 2.24) is 0 Å². The molecule has 1 aliphatic rings. The number of alkyl halides is 2. The second kappa shape index (κ2) is 5.84. The van der Waals surface area contributed by atoms with Gasteiger partial charge in [-0.15, -0.1) is 0 Å². The number of fused-ring (bicyclic) bond motifs is 1. The monoisotopic (exact) mass is 330 g/mol. The summed E-state index contributed by atoms with van der Waals surface area (Å²) >= 11 is 0. The first-order valence-corrected chi connectivity index (χ1v) is 7.07. The van der Waals surface area contributed by atoms with Gasteiger partial charge >= 0.3 is 0 Å². The number of anilines is 1. The van der Waals surface area contributed by atoms with Crippen LogP contribution in [0.25, 0.3) is 0 Å². The molecule has 24 heavy (non-hydrogen) atoms. The minimum Gasteiger partial charge on any atom is -0.369 e. The molecule has 0 spiro atoms. The van der Waals surface area contributed by atoms with Gasteiger partial charge in [-0.1, -0.05) is 24.3 Å². The fraction of sp³-hybridized carbons (Fsp3) is 0.118. The zero-order valence-electron chi connectivity index (χ0n) is 12.3. The van der Waals surface area contributed by atoms with E-state index in [1.165, 1.54) is 24.3 Å². The smallest absolute Gasteiger partial charge is 0.266 e. The lowest BCUT2D eigenvalue weighted by atomic mass is 9.98. The van der Waals surface area contributed by atoms with Crippen LogP contribution in [-0.4, -0.2) is 24.1 Å². The first-order valence-electron chi connectivity index (χ1n) is 7.07. The number of rotatable bonds is 4. The lowest BCUT2D eigenvalue weighted by molar-refractivity contribution is -0.122. The number of benzene rings is 2. The highest BCUT2D eigenvalue weighted by molar-refractivity contribution is 6.34. The highest BCUT2D eigenvalue weighted by Gasteiger charge is 2.36. The van der Waals surface area contributed by atoms with Crippen LogP contribution in [0.2, 0.25) is 0 Å². The molecule has 1 heterocycles. The van der Waals surface area contributed by atoms with E-state index in [4.69, 9.17) is 5.73 Å². The molecule has 7 heteroatoms. The van der Waals surface area contributed by atoms with Gasteiger partial charge in [0, 0.05) is 0 Å². The Bertz CT molecular complexity index is 799. The maximum Gasteiger partial charge on any atom is 0.266 e. The number of hydrogen-bond donors (Lipinski definition) is 1. The van der Waals surface area contributed by atoms with Gasteiger partial charge < -0.3 is 5.73 Å². The zero-order chi connectivity index (χ0) is 17.4. The van der Waals surface area contributed by atoms with Gasteiger partial charge in [0.05, 0.1) is 16.8 Å². The molecule has 0 fully saturated rings. The van der Waals surface area contributed by atoms with E-state index < -0.39 is 30.1 Å². The predicted octanol–water partition coefficient (Wildman–Crippen LogP) is 2.32. The summed E-state index contributed by atoms with van der Waals surface area (Å²) in [5.74, 6) is -3.84. The van der Waals surface area contributed by atoms with E-state index in [2.05, 4.69) is 0 Å². The Morgan fingerprint density at radius 3 is 1.83 bits per heavy atom. The Hall–Kier alpha value is -3.09. The van der Waals surface area contributed by atoms with Crippen LogP contribution in [-0.2, 0) is 4.79 Å². The topological polar surface area (TPSA) is 80.5 Å². The zero-order valence-corrected chi connectivity index (χ0v) is 12.3. The predicted molar refractivity (Wildman–Crippen MR) is 82.0 cm³/mol. The summed E-state index contributed by atoms with van der Waals surface area (Å²) in [7, 11) is 0. The van der Waals surface area contributed by atoms with Crippen molar-refractivity contribution >= 4 is 23.4 Å². The maximum absolute atomic E-state index is 12.9. The summed E-state index contributed by atoms with van der Waals surface area (Å²) in [6, 6.07) is 11.6. The lowest BCUT2D eigenvalue weighted by Crippen LogP contribution is -2.30. The number of nitrogens with zero attached hydrogens (tertiary/aromatic N) is 1. The van der Waals surface area contributed by atoms with Crippen molar-refractivity contribution in [3.63, 3.8) is 0 Å². The van der Waals surface area contributed by atoms with Crippen LogP contribution in [0.15, 0.2) is 48.5 Å². The minimum absolute atomic E-state index is 0.0258. The van der Waals surface area contributed by atoms with Gasteiger partial charge in [0.1, 0.15) is 5.92 Å². The van der Waals surface area contributed by atoms with Gasteiger partial charge in [0.15, 0.2) is 0 Å². The first-order chi connectivity index (χ1) is 11.4. The molecule has 5 nitrogen and oxygen atoms in total. The SMILES string of the molecule is NC(=O)[C@H](c1ccc(N2C(=O)c3ccccc3C2=O)cc1)C(F)F. The van der Waals surface area contributed by atoms with Crippen molar-refractivity contribution < 1.29 is 23.2 Å². The van der Waals surface area contributed by atoms with Crippen molar-refractivity contribution in [2.45, 2.75) is 12.3 Å². The molecule has 2 N–H and O–H groups in total. The molecule has 2 aromatic rings. The van der Waals surface area contributed by atoms with Crippen molar-refractivity contribution in [2.75, 3.05) is 4.90 Å². The summed E-state index contributed by atoms with van der Waals surface area (Å²) in [4.78, 5) is 36.8. The number of halogens is 2. The van der Waals surface area contributed by atoms with Crippen molar-refractivity contribution in [3.8, 4) is 0 Å². The molecule has 122 valence electrons. The second-order valence-electron chi connectivity index (χ2n) is 5.30. The quantitative estimate of drug-likeness (QED) is 0.874. The molecule has 0 saturated carbocycles. The molecule has 0 aliphatic carbocycles. The van der Waals surface area contributed by atoms with Gasteiger partial charge in [-0.3, -0.25) is 14.4 Å². The Kier molecular flexibility index (Phi) is 3.84. The number of carbonyl (C=O) groups is 3. The summed E-state index contributed by atoms with van der Waals surface area (Å²) in [6.45, 7) is 0. The largest absolute Gasteiger partial charge is 0.369 e. The van der Waals surface area contributed by atoms with Crippen LogP contribution in [0.3, 0.4) is 0 Å². The number of primary amides is 1. The van der Waals surface area contributed by atoms with E-state index in [-0.39, 0.29) is 22.4 Å². The summed E-state index contributed by atoms with van der Waals surface area (Å²) in [5.41, 5.74) is 5.83. The Morgan fingerprint density at radius 2 is 1.42 bits per heavy atom. The van der Waals surface area contributed by atoms with Crippen LogP contribution >= 0.6 is 0 Å². The van der Waals surface area contributed by atoms with E-state index in [1.54, 1.807) is 24.3 Å². The van der Waals surface area contributed by atoms with Gasteiger partial charge in [0.25, 0.3) is 18.2 Å². The molecule has 1 aliphatic heterocycles. The van der Waals surface area contributed by atoms with Crippen LogP contribution in [0.4, 0.5) is 14.5 Å². The van der Waals surface area contributed by atoms with Crippen LogP contribution in [0.1, 0.15) is 32.2 Å². The van der Waals surface area contributed by atoms with E-state index in [0.29, 0.717) is 0 Å². The fourth-order valence-corrected chi connectivity index (χ4v) is 2.69. The molecular weight excluding hydrogens is 318 g/mol. The number of nitrogens with two attached hydrogens (primary N) is 1. The number of carbonyl (C=O) groups excluding carboxylic acids is 3. The minimum atomic E-state index is -2.94. The normalized spacial score (nSPS) is 14.9. The summed E-state index contributed by atoms with van der Waals surface area (Å²) in [6.07, 6.45) is -2.94. The standard InChI is InChI=1S/C17H12F2N2O3/c18-14(19)13(15(20)22)9-5-7-10(8-6-9)21-16(23)11-3-1-2-4-12(11)17(21)24/h1-8,13-14H,(H2,20,22)/t13-/m1/s1. The summed E-state index contributed by atoms with van der Waals surface area (Å²) < 4.78 is 25.8. The van der Waals surface area contributed by atoms with Crippen molar-refractivity contribution in [3.05, 3.63) is 65.2 Å². The van der Waals surface area contributed by atoms with E-state index in [1.807, 2.05) is 0 Å². The average molecular weight is 330 g/mol. The molecule has 3 amide bonds. The van der Waals surface area contributed by atoms with Crippen molar-refractivity contribution in [1.29, 1.82) is 0 Å². The average Bonchev–Trinajstić information content (AvgIpc) is 2.80. The molecule has 0 radical (unpaired) electrons. The number of hydrogen-bond acceptors (Lipinski definition) is 3. The lowest BCUT2D eigenvalue weighted by Gasteiger charge is -2.16. The van der Waals surface area contributed by atoms with Gasteiger partial charge in [-0.25, -0.2) is 13.7 Å². The third-order valence-electron chi connectivity index (χ3n) is 3.86. The van der Waals surface area contributed by atoms with Crippen molar-refractivity contribution in [2.24, 2.45) is 5.73 Å². The molecule has 2 aromatic carbocycles. The number of amides is 3. The maximum atomic E-state index is 12.9. The van der Waals surface area contributed by atoms with Gasteiger partial charge in [-0.2, -0.15) is 0 Å². The summed E-state index contributed by atoms with van der Waals surface area (Å²) in [5, 5.41) is 0. The molecular formula is C17H12F2N2O3. The third kappa shape index (κ3) is 2.44. The first kappa shape index (κ1) is 15.8. The molecule has 1 atom stereocenters. The fourth-order valence-electron chi connectivity index (χ4n) is 2.69. The Morgan fingerprint density at radius 1 is 0.917 bits per heavy atom. The van der Waals surface area contributed by atoms with E-state index >= 15 is 0 Å². The molecule has 3 rings (SSSR count). The van der Waals surface area contributed by atoms with Gasteiger partial charge in [-0.05, 0) is 29.8 Å². The van der Waals surface area contributed by atoms with E-state index in [9.17, 15) is 23.2 Å². The molecule has 0 unspecified atom stereocenters. The third-order valence-corrected chi connectivity index (χ3v) is 3.86. The van der Waals surface area contributed by atoms with Crippen LogP contribution < -0.4 is 10.6 Å². The highest BCUT2D eigenvalue weighted by atomic mass is 19.3. The van der Waals surface area contributed by atoms with Crippen LogP contribution in [0.5, 0.6) is 0 Å². The van der Waals surface area contributed by atoms with E-state index in [0.717, 1.165) is 4.90 Å². The molecule has 0 bridgehead atoms. The molecule has 0 saturated heterocycles. The van der Waals surface area contributed by atoms with Crippen LogP contribution in [0, 0.1) is 0 Å². The molecule has 0 aromatic heterocycles. The van der Waals surface area contributed by atoms with Gasteiger partial charge in [0.2, 0.25) is 5.91 Å².